The molecular weight excluding hydrogens is 464 g/mol. The molecule has 0 spiro atoms. The van der Waals surface area contributed by atoms with Crippen LogP contribution >= 0.6 is 0 Å². The molecule has 1 aliphatic rings. The predicted molar refractivity (Wildman–Crippen MR) is 146 cm³/mol. The number of hydrogen-bond acceptors (Lipinski definition) is 5. The summed E-state index contributed by atoms with van der Waals surface area (Å²) in [6.45, 7) is 4.43. The van der Waals surface area contributed by atoms with Gasteiger partial charge in [-0.05, 0) is 62.8 Å². The van der Waals surface area contributed by atoms with Crippen LogP contribution in [0, 0.1) is 0 Å². The molecule has 5 rings (SSSR count). The Hall–Kier alpha value is -4.07. The topological polar surface area (TPSA) is 107 Å². The van der Waals surface area contributed by atoms with Crippen LogP contribution in [0.15, 0.2) is 67.1 Å². The van der Waals surface area contributed by atoms with Gasteiger partial charge in [-0.15, -0.1) is 0 Å². The first kappa shape index (κ1) is 24.6. The zero-order chi connectivity index (χ0) is 25.8. The number of amides is 2. The van der Waals surface area contributed by atoms with Gasteiger partial charge in [0, 0.05) is 29.9 Å². The van der Waals surface area contributed by atoms with Crippen LogP contribution in [-0.4, -0.2) is 32.6 Å². The van der Waals surface area contributed by atoms with Crippen LogP contribution in [-0.2, 0) is 6.61 Å². The van der Waals surface area contributed by atoms with Crippen LogP contribution in [0.4, 0.5) is 10.6 Å². The molecule has 0 saturated heterocycles. The minimum absolute atomic E-state index is 0.0953. The SMILES string of the molecule is CC(C)NC(=O)NC1CCC(n2cc(-c3cccc(OCc4ccccc4)c3)c3c(N)ncnc32)CC1. The number of nitrogens with one attached hydrogen (secondary N) is 2. The van der Waals surface area contributed by atoms with Crippen molar-refractivity contribution in [2.45, 2.75) is 64.3 Å². The van der Waals surface area contributed by atoms with E-state index in [9.17, 15) is 4.79 Å². The van der Waals surface area contributed by atoms with Gasteiger partial charge in [-0.3, -0.25) is 0 Å². The van der Waals surface area contributed by atoms with Gasteiger partial charge in [0.25, 0.3) is 0 Å². The molecule has 192 valence electrons. The Morgan fingerprint density at radius 3 is 2.62 bits per heavy atom. The maximum absolute atomic E-state index is 12.1. The number of fused-ring (bicyclic) bond motifs is 1. The van der Waals surface area contributed by atoms with Crippen molar-refractivity contribution in [1.82, 2.24) is 25.2 Å². The molecular formula is C29H34N6O2. The van der Waals surface area contributed by atoms with E-state index in [2.05, 4.69) is 49.6 Å². The van der Waals surface area contributed by atoms with Crippen molar-refractivity contribution in [3.8, 4) is 16.9 Å². The van der Waals surface area contributed by atoms with Crippen molar-refractivity contribution in [1.29, 1.82) is 0 Å². The molecule has 1 fully saturated rings. The van der Waals surface area contributed by atoms with Crippen LogP contribution in [0.2, 0.25) is 0 Å². The summed E-state index contributed by atoms with van der Waals surface area (Å²) in [6, 6.07) is 18.7. The zero-order valence-corrected chi connectivity index (χ0v) is 21.4. The number of urea groups is 1. The maximum Gasteiger partial charge on any atom is 0.315 e. The number of nitrogens with zero attached hydrogens (tertiary/aromatic N) is 3. The molecule has 2 aromatic heterocycles. The number of anilines is 1. The van der Waals surface area contributed by atoms with Crippen molar-refractivity contribution < 1.29 is 9.53 Å². The summed E-state index contributed by atoms with van der Waals surface area (Å²) in [5.74, 6) is 1.26. The van der Waals surface area contributed by atoms with Gasteiger partial charge < -0.3 is 25.7 Å². The van der Waals surface area contributed by atoms with Crippen molar-refractivity contribution in [2.75, 3.05) is 5.73 Å². The van der Waals surface area contributed by atoms with Crippen molar-refractivity contribution in [3.63, 3.8) is 0 Å². The number of ether oxygens (including phenoxy) is 1. The molecule has 8 heteroatoms. The fourth-order valence-corrected chi connectivity index (χ4v) is 5.09. The van der Waals surface area contributed by atoms with Gasteiger partial charge >= 0.3 is 6.03 Å². The van der Waals surface area contributed by atoms with Crippen LogP contribution in [0.3, 0.4) is 0 Å². The monoisotopic (exact) mass is 498 g/mol. The Bertz CT molecular complexity index is 1360. The maximum atomic E-state index is 12.1. The lowest BCUT2D eigenvalue weighted by Gasteiger charge is -2.30. The second-order valence-electron chi connectivity index (χ2n) is 9.99. The molecule has 1 saturated carbocycles. The van der Waals surface area contributed by atoms with Gasteiger partial charge in [-0.1, -0.05) is 42.5 Å². The van der Waals surface area contributed by atoms with E-state index in [1.807, 2.05) is 50.2 Å². The molecule has 8 nitrogen and oxygen atoms in total. The van der Waals surface area contributed by atoms with Gasteiger partial charge in [0.1, 0.15) is 30.1 Å². The number of carbonyl (C=O) groups is 1. The number of hydrogen-bond donors (Lipinski definition) is 3. The lowest BCUT2D eigenvalue weighted by Crippen LogP contribution is -2.45. The normalized spacial score (nSPS) is 17.6. The van der Waals surface area contributed by atoms with E-state index in [0.717, 1.165) is 59.2 Å². The van der Waals surface area contributed by atoms with Crippen LogP contribution in [0.1, 0.15) is 51.1 Å². The van der Waals surface area contributed by atoms with E-state index in [4.69, 9.17) is 10.5 Å². The second-order valence-corrected chi connectivity index (χ2v) is 9.99. The molecule has 2 aromatic carbocycles. The van der Waals surface area contributed by atoms with E-state index in [1.54, 1.807) is 0 Å². The molecule has 0 aliphatic heterocycles. The second kappa shape index (κ2) is 10.9. The third-order valence-corrected chi connectivity index (χ3v) is 6.88. The Kier molecular flexibility index (Phi) is 7.25. The van der Waals surface area contributed by atoms with E-state index in [-0.39, 0.29) is 24.2 Å². The zero-order valence-electron chi connectivity index (χ0n) is 21.4. The molecule has 4 aromatic rings. The fraction of sp³-hybridized carbons (Fsp3) is 0.345. The molecule has 37 heavy (non-hydrogen) atoms. The van der Waals surface area contributed by atoms with E-state index >= 15 is 0 Å². The summed E-state index contributed by atoms with van der Waals surface area (Å²) in [5, 5.41) is 6.88. The molecule has 0 bridgehead atoms. The summed E-state index contributed by atoms with van der Waals surface area (Å²) in [5.41, 5.74) is 10.3. The third-order valence-electron chi connectivity index (χ3n) is 6.88. The highest BCUT2D eigenvalue weighted by molar-refractivity contribution is 6.00. The Morgan fingerprint density at radius 1 is 1.08 bits per heavy atom. The first-order valence-corrected chi connectivity index (χ1v) is 12.9. The molecule has 0 radical (unpaired) electrons. The van der Waals surface area contributed by atoms with Crippen LogP contribution in [0.5, 0.6) is 5.75 Å². The Morgan fingerprint density at radius 2 is 1.86 bits per heavy atom. The molecule has 0 atom stereocenters. The molecule has 1 aliphatic carbocycles. The van der Waals surface area contributed by atoms with Gasteiger partial charge in [0.15, 0.2) is 0 Å². The van der Waals surface area contributed by atoms with Crippen molar-refractivity contribution >= 4 is 22.9 Å². The van der Waals surface area contributed by atoms with Gasteiger partial charge in [0.2, 0.25) is 0 Å². The fourth-order valence-electron chi connectivity index (χ4n) is 5.09. The van der Waals surface area contributed by atoms with Gasteiger partial charge in [0.05, 0.1) is 5.39 Å². The summed E-state index contributed by atoms with van der Waals surface area (Å²) in [6.07, 6.45) is 7.39. The van der Waals surface area contributed by atoms with Crippen molar-refractivity contribution in [2.24, 2.45) is 0 Å². The average Bonchev–Trinajstić information content (AvgIpc) is 3.29. The molecule has 4 N–H and O–H groups in total. The Balaban J connectivity index is 1.37. The predicted octanol–water partition coefficient (Wildman–Crippen LogP) is 5.45. The number of rotatable bonds is 7. The van der Waals surface area contributed by atoms with Gasteiger partial charge in [-0.2, -0.15) is 0 Å². The van der Waals surface area contributed by atoms with Gasteiger partial charge in [-0.25, -0.2) is 14.8 Å². The third kappa shape index (κ3) is 5.69. The molecule has 2 amide bonds. The highest BCUT2D eigenvalue weighted by atomic mass is 16.5. The quantitative estimate of drug-likeness (QED) is 0.314. The van der Waals surface area contributed by atoms with Crippen LogP contribution < -0.4 is 21.1 Å². The highest BCUT2D eigenvalue weighted by Crippen LogP contribution is 2.38. The lowest BCUT2D eigenvalue weighted by atomic mass is 9.91. The molecule has 2 heterocycles. The van der Waals surface area contributed by atoms with E-state index < -0.39 is 0 Å². The number of benzene rings is 2. The van der Waals surface area contributed by atoms with E-state index in [1.165, 1.54) is 6.33 Å². The number of nitrogens with two attached hydrogens (primary N) is 1. The largest absolute Gasteiger partial charge is 0.489 e. The van der Waals surface area contributed by atoms with E-state index in [0.29, 0.717) is 12.4 Å². The lowest BCUT2D eigenvalue weighted by molar-refractivity contribution is 0.225. The number of carbonyl (C=O) groups excluding carboxylic acids is 1. The minimum Gasteiger partial charge on any atom is -0.489 e. The summed E-state index contributed by atoms with van der Waals surface area (Å²) < 4.78 is 8.32. The first-order valence-electron chi connectivity index (χ1n) is 12.9. The smallest absolute Gasteiger partial charge is 0.315 e. The number of nitrogen functional groups attached to an aromatic ring is 1. The standard InChI is InChI=1S/C29H34N6O2/c1-19(2)33-29(36)34-22-11-13-23(14-12-22)35-16-25(26-27(30)31-18-32-28(26)35)21-9-6-10-24(15-21)37-17-20-7-4-3-5-8-20/h3-10,15-16,18-19,22-23H,11-14,17H2,1-2H3,(H2,30,31,32)(H2,33,34,36). The average molecular weight is 499 g/mol. The highest BCUT2D eigenvalue weighted by Gasteiger charge is 2.26. The first-order chi connectivity index (χ1) is 18.0. The summed E-state index contributed by atoms with van der Waals surface area (Å²) >= 11 is 0. The Labute approximate surface area is 217 Å². The number of aromatic nitrogens is 3. The van der Waals surface area contributed by atoms with Crippen LogP contribution in [0.25, 0.3) is 22.2 Å². The summed E-state index contributed by atoms with van der Waals surface area (Å²) in [4.78, 5) is 21.0. The van der Waals surface area contributed by atoms with Crippen molar-refractivity contribution in [3.05, 3.63) is 72.7 Å². The molecule has 0 unspecified atom stereocenters. The summed E-state index contributed by atoms with van der Waals surface area (Å²) in [7, 11) is 0. The minimum atomic E-state index is -0.0953.